The van der Waals surface area contributed by atoms with Crippen LogP contribution in [0.3, 0.4) is 0 Å². The van der Waals surface area contributed by atoms with Crippen LogP contribution in [0.1, 0.15) is 16.1 Å². The van der Waals surface area contributed by atoms with Crippen LogP contribution in [0.2, 0.25) is 0 Å². The summed E-state index contributed by atoms with van der Waals surface area (Å²) in [5.74, 6) is -0.221. The van der Waals surface area contributed by atoms with E-state index < -0.39 is 11.9 Å². The summed E-state index contributed by atoms with van der Waals surface area (Å²) in [5, 5.41) is 6.34. The van der Waals surface area contributed by atoms with Gasteiger partial charge in [-0.05, 0) is 30.3 Å². The molecule has 2 aromatic rings. The summed E-state index contributed by atoms with van der Waals surface area (Å²) in [6.07, 6.45) is -3.24. The average molecular weight is 368 g/mol. The number of hydrogen-bond donors (Lipinski definition) is 1. The summed E-state index contributed by atoms with van der Waals surface area (Å²) in [6.45, 7) is 4.40. The third-order valence-corrected chi connectivity index (χ3v) is 4.09. The lowest BCUT2D eigenvalue weighted by molar-refractivity contribution is -0.141. The number of halogens is 3. The van der Waals surface area contributed by atoms with Gasteiger partial charge in [-0.3, -0.25) is 9.69 Å². The molecule has 0 radical (unpaired) electrons. The Morgan fingerprint density at radius 2 is 1.85 bits per heavy atom. The second kappa shape index (κ2) is 7.88. The lowest BCUT2D eigenvalue weighted by atomic mass is 10.2. The number of ether oxygens (including phenoxy) is 1. The molecule has 0 bridgehead atoms. The molecule has 0 unspecified atom stereocenters. The fourth-order valence-electron chi connectivity index (χ4n) is 2.64. The standard InChI is InChI=1S/C17H19F3N4O2/c18-17(19,20)15-5-7-24(22-15)14-3-1-13(2-4-14)16(25)21-6-8-23-9-11-26-12-10-23/h1-5,7H,6,8-12H2,(H,21,25). The smallest absolute Gasteiger partial charge is 0.379 e. The first-order valence-corrected chi connectivity index (χ1v) is 8.25. The molecule has 6 nitrogen and oxygen atoms in total. The lowest BCUT2D eigenvalue weighted by Gasteiger charge is -2.26. The van der Waals surface area contributed by atoms with E-state index in [1.165, 1.54) is 6.20 Å². The Balaban J connectivity index is 1.55. The third kappa shape index (κ3) is 4.61. The zero-order valence-electron chi connectivity index (χ0n) is 14.0. The number of aromatic nitrogens is 2. The molecule has 140 valence electrons. The topological polar surface area (TPSA) is 59.4 Å². The lowest BCUT2D eigenvalue weighted by Crippen LogP contribution is -2.41. The zero-order valence-corrected chi connectivity index (χ0v) is 14.0. The van der Waals surface area contributed by atoms with E-state index in [9.17, 15) is 18.0 Å². The van der Waals surface area contributed by atoms with Crippen LogP contribution in [-0.2, 0) is 10.9 Å². The van der Waals surface area contributed by atoms with Crippen molar-refractivity contribution in [3.63, 3.8) is 0 Å². The number of benzene rings is 1. The molecule has 1 fully saturated rings. The first kappa shape index (κ1) is 18.4. The predicted octanol–water partition coefficient (Wildman–Crippen LogP) is 1.95. The molecule has 1 aromatic heterocycles. The van der Waals surface area contributed by atoms with Gasteiger partial charge in [0, 0.05) is 37.9 Å². The molecule has 1 aromatic carbocycles. The Labute approximate surface area is 148 Å². The van der Waals surface area contributed by atoms with Crippen molar-refractivity contribution in [2.24, 2.45) is 0 Å². The Morgan fingerprint density at radius 3 is 2.46 bits per heavy atom. The molecule has 26 heavy (non-hydrogen) atoms. The Kier molecular flexibility index (Phi) is 5.58. The van der Waals surface area contributed by atoms with Crippen molar-refractivity contribution in [3.05, 3.63) is 47.8 Å². The first-order valence-electron chi connectivity index (χ1n) is 8.25. The molecule has 0 atom stereocenters. The first-order chi connectivity index (χ1) is 12.4. The van der Waals surface area contributed by atoms with Crippen molar-refractivity contribution in [2.45, 2.75) is 6.18 Å². The molecular weight excluding hydrogens is 349 g/mol. The normalized spacial score (nSPS) is 15.8. The summed E-state index contributed by atoms with van der Waals surface area (Å²) in [6, 6.07) is 7.16. The third-order valence-electron chi connectivity index (χ3n) is 4.09. The summed E-state index contributed by atoms with van der Waals surface area (Å²) in [5.41, 5.74) is -0.0632. The van der Waals surface area contributed by atoms with E-state index in [2.05, 4.69) is 15.3 Å². The van der Waals surface area contributed by atoms with Crippen LogP contribution in [0.15, 0.2) is 36.5 Å². The molecule has 9 heteroatoms. The van der Waals surface area contributed by atoms with Crippen LogP contribution in [0.25, 0.3) is 5.69 Å². The highest BCUT2D eigenvalue weighted by atomic mass is 19.4. The maximum absolute atomic E-state index is 12.6. The van der Waals surface area contributed by atoms with E-state index >= 15 is 0 Å². The molecular formula is C17H19F3N4O2. The Bertz CT molecular complexity index is 737. The van der Waals surface area contributed by atoms with Gasteiger partial charge in [0.05, 0.1) is 18.9 Å². The summed E-state index contributed by atoms with van der Waals surface area (Å²) >= 11 is 0. The van der Waals surface area contributed by atoms with E-state index in [0.717, 1.165) is 30.4 Å². The fraction of sp³-hybridized carbons (Fsp3) is 0.412. The summed E-state index contributed by atoms with van der Waals surface area (Å²) in [4.78, 5) is 14.4. The number of carbonyl (C=O) groups excluding carboxylic acids is 1. The molecule has 3 rings (SSSR count). The van der Waals surface area contributed by atoms with Crippen molar-refractivity contribution in [2.75, 3.05) is 39.4 Å². The largest absolute Gasteiger partial charge is 0.435 e. The van der Waals surface area contributed by atoms with E-state index in [-0.39, 0.29) is 5.91 Å². The van der Waals surface area contributed by atoms with Gasteiger partial charge in [0.25, 0.3) is 5.91 Å². The highest BCUT2D eigenvalue weighted by Gasteiger charge is 2.33. The van der Waals surface area contributed by atoms with Gasteiger partial charge in [0.15, 0.2) is 5.69 Å². The van der Waals surface area contributed by atoms with Crippen molar-refractivity contribution in [1.82, 2.24) is 20.0 Å². The molecule has 1 amide bonds. The minimum Gasteiger partial charge on any atom is -0.379 e. The quantitative estimate of drug-likeness (QED) is 0.877. The van der Waals surface area contributed by atoms with E-state index in [4.69, 9.17) is 4.74 Å². The zero-order chi connectivity index (χ0) is 18.6. The van der Waals surface area contributed by atoms with Gasteiger partial charge in [0.2, 0.25) is 0 Å². The number of hydrogen-bond acceptors (Lipinski definition) is 4. The van der Waals surface area contributed by atoms with Gasteiger partial charge in [-0.15, -0.1) is 0 Å². The van der Waals surface area contributed by atoms with Gasteiger partial charge >= 0.3 is 6.18 Å². The molecule has 2 heterocycles. The number of amides is 1. The molecule has 0 spiro atoms. The van der Waals surface area contributed by atoms with Crippen molar-refractivity contribution in [1.29, 1.82) is 0 Å². The van der Waals surface area contributed by atoms with Crippen LogP contribution in [0.5, 0.6) is 0 Å². The molecule has 1 aliphatic heterocycles. The minimum absolute atomic E-state index is 0.221. The Morgan fingerprint density at radius 1 is 1.15 bits per heavy atom. The second-order valence-electron chi connectivity index (χ2n) is 5.90. The van der Waals surface area contributed by atoms with Gasteiger partial charge < -0.3 is 10.1 Å². The van der Waals surface area contributed by atoms with Crippen molar-refractivity contribution in [3.8, 4) is 5.69 Å². The monoisotopic (exact) mass is 368 g/mol. The fourth-order valence-corrected chi connectivity index (χ4v) is 2.64. The SMILES string of the molecule is O=C(NCCN1CCOCC1)c1ccc(-n2ccc(C(F)(F)F)n2)cc1. The van der Waals surface area contributed by atoms with Crippen LogP contribution in [-0.4, -0.2) is 60.0 Å². The number of morpholine rings is 1. The van der Waals surface area contributed by atoms with Gasteiger partial charge in [-0.25, -0.2) is 4.68 Å². The number of nitrogens with zero attached hydrogens (tertiary/aromatic N) is 3. The molecule has 0 aliphatic carbocycles. The highest BCUT2D eigenvalue weighted by Crippen LogP contribution is 2.27. The van der Waals surface area contributed by atoms with Crippen molar-refractivity contribution >= 4 is 5.91 Å². The van der Waals surface area contributed by atoms with E-state index in [1.54, 1.807) is 24.3 Å². The highest BCUT2D eigenvalue weighted by molar-refractivity contribution is 5.94. The van der Waals surface area contributed by atoms with E-state index in [0.29, 0.717) is 31.0 Å². The summed E-state index contributed by atoms with van der Waals surface area (Å²) < 4.78 is 44.2. The van der Waals surface area contributed by atoms with Gasteiger partial charge in [0.1, 0.15) is 0 Å². The minimum atomic E-state index is -4.48. The maximum Gasteiger partial charge on any atom is 0.435 e. The summed E-state index contributed by atoms with van der Waals surface area (Å²) in [7, 11) is 0. The number of nitrogens with one attached hydrogen (secondary N) is 1. The van der Waals surface area contributed by atoms with Gasteiger partial charge in [-0.2, -0.15) is 18.3 Å². The van der Waals surface area contributed by atoms with Crippen LogP contribution < -0.4 is 5.32 Å². The molecule has 1 saturated heterocycles. The maximum atomic E-state index is 12.6. The second-order valence-corrected chi connectivity index (χ2v) is 5.90. The molecule has 1 N–H and O–H groups in total. The Hall–Kier alpha value is -2.39. The van der Waals surface area contributed by atoms with Crippen LogP contribution in [0.4, 0.5) is 13.2 Å². The van der Waals surface area contributed by atoms with Gasteiger partial charge in [-0.1, -0.05) is 0 Å². The van der Waals surface area contributed by atoms with E-state index in [1.807, 2.05) is 0 Å². The predicted molar refractivity (Wildman–Crippen MR) is 88.2 cm³/mol. The molecule has 0 saturated carbocycles. The number of rotatable bonds is 5. The number of carbonyl (C=O) groups is 1. The van der Waals surface area contributed by atoms with Crippen LogP contribution in [0, 0.1) is 0 Å². The average Bonchev–Trinajstić information content (AvgIpc) is 3.13. The van der Waals surface area contributed by atoms with Crippen LogP contribution >= 0.6 is 0 Å². The van der Waals surface area contributed by atoms with Crippen molar-refractivity contribution < 1.29 is 22.7 Å². The number of alkyl halides is 3. The molecule has 1 aliphatic rings.